The summed E-state index contributed by atoms with van der Waals surface area (Å²) >= 11 is 0. The van der Waals surface area contributed by atoms with E-state index in [1.165, 1.54) is 109 Å². The molecule has 38 heavy (non-hydrogen) atoms. The van der Waals surface area contributed by atoms with Gasteiger partial charge in [-0.3, -0.25) is 4.79 Å². The van der Waals surface area contributed by atoms with Crippen LogP contribution in [0.4, 0.5) is 0 Å². The second kappa shape index (κ2) is 29.3. The molecule has 0 bridgehead atoms. The minimum atomic E-state index is -0.931. The molecule has 5 nitrogen and oxygen atoms in total. The van der Waals surface area contributed by atoms with E-state index >= 15 is 0 Å². The van der Waals surface area contributed by atoms with Gasteiger partial charge in [-0.2, -0.15) is 0 Å². The van der Waals surface area contributed by atoms with Crippen LogP contribution in [-0.4, -0.2) is 47.5 Å². The van der Waals surface area contributed by atoms with Crippen molar-refractivity contribution in [1.29, 1.82) is 0 Å². The van der Waals surface area contributed by atoms with E-state index in [1.54, 1.807) is 0 Å². The molecule has 0 aliphatic rings. The molecule has 3 unspecified atom stereocenters. The number of rotatable bonds is 30. The molecule has 5 heteroatoms. The number of aliphatic hydroxyl groups excluding tert-OH is 2. The highest BCUT2D eigenvalue weighted by Crippen LogP contribution is 2.15. The first-order valence-corrected chi connectivity index (χ1v) is 16.9. The summed E-state index contributed by atoms with van der Waals surface area (Å²) in [5, 5.41) is 28.1. The SMILES string of the molecule is CCCCCCCCCCCCCCC(O)C(O)C(CNCCCCCCC)NC(=O)CCCCCCC. The summed E-state index contributed by atoms with van der Waals surface area (Å²) in [6.07, 6.45) is 26.4. The van der Waals surface area contributed by atoms with Gasteiger partial charge >= 0.3 is 0 Å². The number of amides is 1. The molecule has 0 rings (SSSR count). The Kier molecular flexibility index (Phi) is 28.8. The summed E-state index contributed by atoms with van der Waals surface area (Å²) in [7, 11) is 0. The first-order valence-electron chi connectivity index (χ1n) is 16.9. The number of carbonyl (C=O) groups is 1. The normalized spacial score (nSPS) is 13.9. The van der Waals surface area contributed by atoms with Crippen LogP contribution in [0.25, 0.3) is 0 Å². The molecular weight excluding hydrogens is 472 g/mol. The van der Waals surface area contributed by atoms with Gasteiger partial charge in [0, 0.05) is 13.0 Å². The maximum absolute atomic E-state index is 12.6. The topological polar surface area (TPSA) is 81.6 Å². The van der Waals surface area contributed by atoms with E-state index in [0.717, 1.165) is 38.6 Å². The molecule has 0 heterocycles. The highest BCUT2D eigenvalue weighted by molar-refractivity contribution is 5.76. The van der Waals surface area contributed by atoms with Crippen molar-refractivity contribution in [3.05, 3.63) is 0 Å². The van der Waals surface area contributed by atoms with Gasteiger partial charge in [0.05, 0.1) is 12.1 Å². The third-order valence-electron chi connectivity index (χ3n) is 7.84. The first-order chi connectivity index (χ1) is 18.6. The van der Waals surface area contributed by atoms with Gasteiger partial charge in [-0.05, 0) is 25.8 Å². The van der Waals surface area contributed by atoms with E-state index in [9.17, 15) is 15.0 Å². The molecule has 0 aromatic heterocycles. The fraction of sp³-hybridized carbons (Fsp3) is 0.970. The Morgan fingerprint density at radius 3 is 1.50 bits per heavy atom. The van der Waals surface area contributed by atoms with Gasteiger partial charge in [0.25, 0.3) is 0 Å². The van der Waals surface area contributed by atoms with Gasteiger partial charge in [0.2, 0.25) is 5.91 Å². The fourth-order valence-corrected chi connectivity index (χ4v) is 5.17. The zero-order valence-electron chi connectivity index (χ0n) is 25.9. The van der Waals surface area contributed by atoms with Crippen LogP contribution in [0.15, 0.2) is 0 Å². The highest BCUT2D eigenvalue weighted by Gasteiger charge is 2.27. The van der Waals surface area contributed by atoms with Gasteiger partial charge in [0.1, 0.15) is 6.10 Å². The van der Waals surface area contributed by atoms with Crippen LogP contribution in [0.2, 0.25) is 0 Å². The number of nitrogens with one attached hydrogen (secondary N) is 2. The van der Waals surface area contributed by atoms with E-state index in [0.29, 0.717) is 19.4 Å². The number of hydrogen-bond acceptors (Lipinski definition) is 4. The molecular formula is C33H68N2O3. The Bertz CT molecular complexity index is 489. The van der Waals surface area contributed by atoms with Crippen molar-refractivity contribution in [3.8, 4) is 0 Å². The molecule has 0 fully saturated rings. The molecule has 0 aliphatic carbocycles. The fourth-order valence-electron chi connectivity index (χ4n) is 5.17. The molecule has 4 N–H and O–H groups in total. The summed E-state index contributed by atoms with van der Waals surface area (Å²) in [5.74, 6) is -0.00661. The third-order valence-corrected chi connectivity index (χ3v) is 7.84. The molecule has 0 saturated carbocycles. The maximum Gasteiger partial charge on any atom is 0.220 e. The van der Waals surface area contributed by atoms with Gasteiger partial charge in [-0.25, -0.2) is 0 Å². The van der Waals surface area contributed by atoms with Crippen molar-refractivity contribution in [2.75, 3.05) is 13.1 Å². The Morgan fingerprint density at radius 1 is 0.579 bits per heavy atom. The number of unbranched alkanes of at least 4 members (excludes halogenated alkanes) is 19. The van der Waals surface area contributed by atoms with Crippen LogP contribution in [0.1, 0.15) is 175 Å². The average Bonchev–Trinajstić information content (AvgIpc) is 2.91. The Labute approximate surface area is 237 Å². The summed E-state index contributed by atoms with van der Waals surface area (Å²) in [5.41, 5.74) is 0. The minimum absolute atomic E-state index is 0.00661. The van der Waals surface area contributed by atoms with Crippen molar-refractivity contribution in [2.45, 2.75) is 193 Å². The molecule has 0 spiro atoms. The monoisotopic (exact) mass is 541 g/mol. The molecule has 3 atom stereocenters. The van der Waals surface area contributed by atoms with E-state index < -0.39 is 18.2 Å². The second-order valence-electron chi connectivity index (χ2n) is 11.7. The van der Waals surface area contributed by atoms with Crippen LogP contribution < -0.4 is 10.6 Å². The van der Waals surface area contributed by atoms with E-state index in [-0.39, 0.29) is 5.91 Å². The quantitative estimate of drug-likeness (QED) is 0.0692. The van der Waals surface area contributed by atoms with Crippen molar-refractivity contribution in [1.82, 2.24) is 10.6 Å². The molecule has 0 aromatic carbocycles. The third kappa shape index (κ3) is 24.4. The summed E-state index contributed by atoms with van der Waals surface area (Å²) in [4.78, 5) is 12.6. The molecule has 0 aliphatic heterocycles. The Morgan fingerprint density at radius 2 is 1.00 bits per heavy atom. The number of carbonyl (C=O) groups excluding carboxylic acids is 1. The second-order valence-corrected chi connectivity index (χ2v) is 11.7. The van der Waals surface area contributed by atoms with Crippen LogP contribution in [0, 0.1) is 0 Å². The van der Waals surface area contributed by atoms with Crippen molar-refractivity contribution in [3.63, 3.8) is 0 Å². The number of aliphatic hydroxyl groups is 2. The highest BCUT2D eigenvalue weighted by atomic mass is 16.3. The molecule has 228 valence electrons. The summed E-state index contributed by atoms with van der Waals surface area (Å²) < 4.78 is 0. The first kappa shape index (κ1) is 37.4. The van der Waals surface area contributed by atoms with Crippen LogP contribution in [0.5, 0.6) is 0 Å². The Balaban J connectivity index is 4.25. The van der Waals surface area contributed by atoms with Crippen molar-refractivity contribution >= 4 is 5.91 Å². The van der Waals surface area contributed by atoms with Crippen molar-refractivity contribution < 1.29 is 15.0 Å². The van der Waals surface area contributed by atoms with Gasteiger partial charge < -0.3 is 20.8 Å². The molecule has 1 amide bonds. The predicted octanol–water partition coefficient (Wildman–Crippen LogP) is 8.20. The van der Waals surface area contributed by atoms with Crippen LogP contribution in [-0.2, 0) is 4.79 Å². The predicted molar refractivity (Wildman–Crippen MR) is 165 cm³/mol. The summed E-state index contributed by atoms with van der Waals surface area (Å²) in [6.45, 7) is 8.07. The Hall–Kier alpha value is -0.650. The minimum Gasteiger partial charge on any atom is -0.390 e. The summed E-state index contributed by atoms with van der Waals surface area (Å²) in [6, 6.07) is -0.443. The lowest BCUT2D eigenvalue weighted by atomic mass is 9.98. The lowest BCUT2D eigenvalue weighted by Crippen LogP contribution is -2.53. The van der Waals surface area contributed by atoms with Gasteiger partial charge in [0.15, 0.2) is 0 Å². The zero-order valence-corrected chi connectivity index (χ0v) is 25.9. The standard InChI is InChI=1S/C33H68N2O3/c1-4-7-10-13-14-15-16-17-18-19-21-23-26-31(36)33(38)30(29-34-28-25-22-12-9-6-3)35-32(37)27-24-20-11-8-5-2/h30-31,33-34,36,38H,4-29H2,1-3H3,(H,35,37). The van der Waals surface area contributed by atoms with E-state index in [4.69, 9.17) is 0 Å². The van der Waals surface area contributed by atoms with Crippen LogP contribution >= 0.6 is 0 Å². The van der Waals surface area contributed by atoms with Crippen molar-refractivity contribution in [2.24, 2.45) is 0 Å². The molecule has 0 aromatic rings. The smallest absolute Gasteiger partial charge is 0.220 e. The zero-order chi connectivity index (χ0) is 28.1. The van der Waals surface area contributed by atoms with E-state index in [1.807, 2.05) is 0 Å². The maximum atomic E-state index is 12.6. The largest absolute Gasteiger partial charge is 0.390 e. The van der Waals surface area contributed by atoms with Gasteiger partial charge in [-0.15, -0.1) is 0 Å². The molecule has 0 radical (unpaired) electrons. The lowest BCUT2D eigenvalue weighted by Gasteiger charge is -2.28. The van der Waals surface area contributed by atoms with Gasteiger partial charge in [-0.1, -0.05) is 149 Å². The molecule has 0 saturated heterocycles. The van der Waals surface area contributed by atoms with E-state index in [2.05, 4.69) is 31.4 Å². The number of hydrogen-bond donors (Lipinski definition) is 4. The lowest BCUT2D eigenvalue weighted by molar-refractivity contribution is -0.123. The van der Waals surface area contributed by atoms with Crippen LogP contribution in [0.3, 0.4) is 0 Å². The average molecular weight is 541 g/mol.